The van der Waals surface area contributed by atoms with E-state index in [1.807, 2.05) is 17.5 Å². The predicted molar refractivity (Wildman–Crippen MR) is 50.0 cm³/mol. The molecule has 3 heteroatoms. The molecule has 0 aliphatic heterocycles. The molecule has 0 unspecified atom stereocenters. The first-order valence-corrected chi connectivity index (χ1v) is 9.57. The Kier molecular flexibility index (Phi) is 4.37. The maximum atomic E-state index is 4.30. The van der Waals surface area contributed by atoms with Crippen molar-refractivity contribution in [3.63, 3.8) is 0 Å². The Labute approximate surface area is 76.1 Å². The van der Waals surface area contributed by atoms with Gasteiger partial charge in [0, 0.05) is 0 Å². The summed E-state index contributed by atoms with van der Waals surface area (Å²) in [7, 11) is 0. The molecule has 0 radical (unpaired) electrons. The molecule has 0 spiro atoms. The molecule has 0 amide bonds. The molecule has 1 heterocycles. The zero-order valence-corrected chi connectivity index (χ0v) is 11.2. The van der Waals surface area contributed by atoms with Crippen LogP contribution in [0.4, 0.5) is 0 Å². The summed E-state index contributed by atoms with van der Waals surface area (Å²) < 4.78 is 3.00. The van der Waals surface area contributed by atoms with Gasteiger partial charge < -0.3 is 0 Å². The minimum absolute atomic E-state index is 0.559. The Morgan fingerprint density at radius 2 is 2.60 bits per heavy atom. The fourth-order valence-electron chi connectivity index (χ4n) is 0.903. The van der Waals surface area contributed by atoms with Gasteiger partial charge in [0.05, 0.1) is 0 Å². The second-order valence-corrected chi connectivity index (χ2v) is 10.2. The zero-order valence-electron chi connectivity index (χ0n) is 6.34. The quantitative estimate of drug-likeness (QED) is 0.586. The minimum atomic E-state index is -0.559. The molecule has 0 saturated carbocycles. The van der Waals surface area contributed by atoms with Crippen molar-refractivity contribution in [1.29, 1.82) is 0 Å². The first-order valence-electron chi connectivity index (χ1n) is 3.82. The maximum absolute atomic E-state index is 4.30. The van der Waals surface area contributed by atoms with Crippen LogP contribution in [-0.4, -0.2) is 26.1 Å². The van der Waals surface area contributed by atoms with Gasteiger partial charge in [0.1, 0.15) is 0 Å². The fraction of sp³-hybridized carbons (Fsp3) is 0.571. The van der Waals surface area contributed by atoms with Crippen LogP contribution < -0.4 is 3.02 Å². The van der Waals surface area contributed by atoms with Crippen molar-refractivity contribution in [2.75, 3.05) is 0 Å². The Hall–Kier alpha value is 0.429. The van der Waals surface area contributed by atoms with Crippen molar-refractivity contribution < 1.29 is 0 Å². The van der Waals surface area contributed by atoms with Gasteiger partial charge in [0.25, 0.3) is 0 Å². The standard InChI is InChI=1S/C4H9.C3H2NS.Sn.2H/c1-3-4-2;1-2-5-3-4-1;;;/h1,3-4H2,2H3;1-2H;;;. The number of hydrogen-bond acceptors (Lipinski definition) is 2. The first kappa shape index (κ1) is 8.52. The topological polar surface area (TPSA) is 12.9 Å². The summed E-state index contributed by atoms with van der Waals surface area (Å²) in [6.45, 7) is 2.26. The predicted octanol–water partition coefficient (Wildman–Crippen LogP) is 1.16. The molecule has 10 heavy (non-hydrogen) atoms. The van der Waals surface area contributed by atoms with Crippen molar-refractivity contribution in [2.24, 2.45) is 0 Å². The third kappa shape index (κ3) is 3.01. The van der Waals surface area contributed by atoms with E-state index in [-0.39, 0.29) is 0 Å². The second-order valence-electron chi connectivity index (χ2n) is 2.38. The third-order valence-electron chi connectivity index (χ3n) is 1.48. The average Bonchev–Trinajstić information content (AvgIpc) is 2.41. The molecular weight excluding hydrogens is 249 g/mol. The number of hydrogen-bond donors (Lipinski definition) is 0. The Morgan fingerprint density at radius 3 is 3.20 bits per heavy atom. The monoisotopic (exact) mass is 263 g/mol. The van der Waals surface area contributed by atoms with E-state index in [9.17, 15) is 0 Å². The van der Waals surface area contributed by atoms with E-state index >= 15 is 0 Å². The van der Waals surface area contributed by atoms with Crippen molar-refractivity contribution in [2.45, 2.75) is 24.2 Å². The first-order chi connectivity index (χ1) is 4.93. The molecule has 0 atom stereocenters. The van der Waals surface area contributed by atoms with Gasteiger partial charge >= 0.3 is 76.3 Å². The molecule has 1 nitrogen and oxygen atoms in total. The molecule has 0 bridgehead atoms. The summed E-state index contributed by atoms with van der Waals surface area (Å²) in [6.07, 6.45) is 4.71. The van der Waals surface area contributed by atoms with Gasteiger partial charge in [-0.25, -0.2) is 0 Å². The van der Waals surface area contributed by atoms with Crippen LogP contribution in [0.3, 0.4) is 0 Å². The fourth-order valence-corrected chi connectivity index (χ4v) is 7.90. The van der Waals surface area contributed by atoms with E-state index in [0.29, 0.717) is 0 Å². The summed E-state index contributed by atoms with van der Waals surface area (Å²) in [4.78, 5) is 4.30. The Balaban J connectivity index is 2.15. The van der Waals surface area contributed by atoms with Gasteiger partial charge in [0.2, 0.25) is 0 Å². The summed E-state index contributed by atoms with van der Waals surface area (Å²) in [5, 5.41) is 2.10. The summed E-state index contributed by atoms with van der Waals surface area (Å²) in [5.74, 6) is 0. The van der Waals surface area contributed by atoms with Crippen molar-refractivity contribution in [3.05, 3.63) is 11.6 Å². The van der Waals surface area contributed by atoms with Crippen molar-refractivity contribution >= 4 is 35.5 Å². The van der Waals surface area contributed by atoms with E-state index < -0.39 is 21.1 Å². The molecule has 0 aliphatic rings. The van der Waals surface area contributed by atoms with Gasteiger partial charge in [-0.3, -0.25) is 0 Å². The van der Waals surface area contributed by atoms with Crippen LogP contribution in [-0.2, 0) is 0 Å². The molecule has 1 aromatic rings. The van der Waals surface area contributed by atoms with Gasteiger partial charge in [-0.2, -0.15) is 0 Å². The molecule has 0 aliphatic carbocycles. The summed E-state index contributed by atoms with van der Waals surface area (Å²) in [6, 6.07) is 0. The van der Waals surface area contributed by atoms with Crippen LogP contribution in [0.1, 0.15) is 19.8 Å². The summed E-state index contributed by atoms with van der Waals surface area (Å²) >= 11 is 1.30. The third-order valence-corrected chi connectivity index (χ3v) is 9.09. The van der Waals surface area contributed by atoms with Crippen LogP contribution in [0.15, 0.2) is 11.6 Å². The molecule has 0 N–H and O–H groups in total. The zero-order chi connectivity index (χ0) is 7.23. The summed E-state index contributed by atoms with van der Waals surface area (Å²) in [5.41, 5.74) is 0. The molecule has 1 rings (SSSR count). The number of unbranched alkanes of at least 4 members (excludes halogenated alkanes) is 1. The van der Waals surface area contributed by atoms with Gasteiger partial charge in [-0.15, -0.1) is 0 Å². The van der Waals surface area contributed by atoms with Crippen LogP contribution >= 0.6 is 11.3 Å². The van der Waals surface area contributed by atoms with E-state index in [2.05, 4.69) is 17.3 Å². The van der Waals surface area contributed by atoms with E-state index in [1.165, 1.54) is 20.3 Å². The van der Waals surface area contributed by atoms with Gasteiger partial charge in [0.15, 0.2) is 0 Å². The van der Waals surface area contributed by atoms with Crippen LogP contribution in [0.2, 0.25) is 4.44 Å². The Bertz CT molecular complexity index is 162. The average molecular weight is 262 g/mol. The number of thiazole rings is 1. The van der Waals surface area contributed by atoms with Gasteiger partial charge in [-0.1, -0.05) is 0 Å². The molecule has 56 valence electrons. The van der Waals surface area contributed by atoms with E-state index in [4.69, 9.17) is 0 Å². The van der Waals surface area contributed by atoms with Crippen molar-refractivity contribution in [1.82, 2.24) is 4.98 Å². The Morgan fingerprint density at radius 1 is 1.70 bits per heavy atom. The van der Waals surface area contributed by atoms with Gasteiger partial charge in [-0.05, 0) is 0 Å². The normalized spacial score (nSPS) is 11.3. The molecular formula is C7H13NSSn. The van der Waals surface area contributed by atoms with E-state index in [0.717, 1.165) is 0 Å². The second kappa shape index (κ2) is 5.13. The SMILES string of the molecule is CCC[CH2][SnH2][c]1nccs1. The van der Waals surface area contributed by atoms with Crippen molar-refractivity contribution in [3.8, 4) is 0 Å². The molecule has 0 fully saturated rings. The number of nitrogens with zero attached hydrogens (tertiary/aromatic N) is 1. The molecule has 1 aromatic heterocycles. The van der Waals surface area contributed by atoms with E-state index in [1.54, 1.807) is 0 Å². The number of rotatable bonds is 4. The van der Waals surface area contributed by atoms with Crippen LogP contribution in [0, 0.1) is 0 Å². The van der Waals surface area contributed by atoms with Crippen LogP contribution in [0.5, 0.6) is 0 Å². The molecule has 0 saturated heterocycles. The number of aromatic nitrogens is 1. The van der Waals surface area contributed by atoms with Crippen LogP contribution in [0.25, 0.3) is 0 Å². The molecule has 0 aromatic carbocycles.